The number of rotatable bonds is 2. The number of imidazole rings is 1. The minimum absolute atomic E-state index is 0.100. The number of hydrogen-bond donors (Lipinski definition) is 0. The third-order valence-corrected chi connectivity index (χ3v) is 3.98. The van der Waals surface area contributed by atoms with E-state index in [1.165, 1.54) is 0 Å². The monoisotopic (exact) mass is 304 g/mol. The molecule has 3 aromatic rings. The molecule has 4 rings (SSSR count). The van der Waals surface area contributed by atoms with Crippen LogP contribution in [0.5, 0.6) is 0 Å². The van der Waals surface area contributed by atoms with Crippen LogP contribution in [-0.4, -0.2) is 27.0 Å². The van der Waals surface area contributed by atoms with Crippen molar-refractivity contribution in [3.05, 3.63) is 66.6 Å². The van der Waals surface area contributed by atoms with Crippen LogP contribution in [0, 0.1) is 0 Å². The van der Waals surface area contributed by atoms with Gasteiger partial charge in [-0.1, -0.05) is 36.4 Å². The number of aromatic nitrogens is 3. The molecule has 0 unspecified atom stereocenters. The molecule has 0 atom stereocenters. The standard InChI is InChI=1S/C18H16N4O/c23-17(15-9-4-5-10-19-15)22-12-6-11-21-13-16(20-18(21)22)14-7-2-1-3-8-14/h1-5,7-10,13H,6,11-12H2. The highest BCUT2D eigenvalue weighted by atomic mass is 16.2. The first-order chi connectivity index (χ1) is 11.3. The average Bonchev–Trinajstić information content (AvgIpc) is 3.07. The summed E-state index contributed by atoms with van der Waals surface area (Å²) in [6, 6.07) is 15.4. The fraction of sp³-hybridized carbons (Fsp3) is 0.167. The fourth-order valence-corrected chi connectivity index (χ4v) is 2.85. The first-order valence-corrected chi connectivity index (χ1v) is 7.68. The molecule has 0 fully saturated rings. The first-order valence-electron chi connectivity index (χ1n) is 7.68. The van der Waals surface area contributed by atoms with Crippen LogP contribution in [0.3, 0.4) is 0 Å². The van der Waals surface area contributed by atoms with Gasteiger partial charge >= 0.3 is 0 Å². The summed E-state index contributed by atoms with van der Waals surface area (Å²) in [6.07, 6.45) is 4.57. The van der Waals surface area contributed by atoms with Gasteiger partial charge in [0.15, 0.2) is 0 Å². The molecular weight excluding hydrogens is 288 g/mol. The lowest BCUT2D eigenvalue weighted by Crippen LogP contribution is -2.38. The number of nitrogens with zero attached hydrogens (tertiary/aromatic N) is 4. The van der Waals surface area contributed by atoms with E-state index in [9.17, 15) is 4.79 Å². The van der Waals surface area contributed by atoms with Crippen LogP contribution in [-0.2, 0) is 6.54 Å². The molecule has 1 aliphatic heterocycles. The third kappa shape index (κ3) is 2.50. The van der Waals surface area contributed by atoms with Crippen molar-refractivity contribution < 1.29 is 4.79 Å². The highest BCUT2D eigenvalue weighted by Gasteiger charge is 2.26. The van der Waals surface area contributed by atoms with Gasteiger partial charge in [-0.2, -0.15) is 0 Å². The zero-order chi connectivity index (χ0) is 15.6. The van der Waals surface area contributed by atoms with Gasteiger partial charge in [-0.15, -0.1) is 0 Å². The summed E-state index contributed by atoms with van der Waals surface area (Å²) in [5.41, 5.74) is 2.39. The van der Waals surface area contributed by atoms with Gasteiger partial charge in [0.25, 0.3) is 5.91 Å². The van der Waals surface area contributed by atoms with E-state index >= 15 is 0 Å². The topological polar surface area (TPSA) is 51.0 Å². The molecule has 0 N–H and O–H groups in total. The Balaban J connectivity index is 1.71. The van der Waals surface area contributed by atoms with Gasteiger partial charge in [0.2, 0.25) is 5.95 Å². The van der Waals surface area contributed by atoms with Crippen LogP contribution < -0.4 is 4.90 Å². The van der Waals surface area contributed by atoms with E-state index in [4.69, 9.17) is 0 Å². The second-order valence-corrected chi connectivity index (χ2v) is 5.51. The van der Waals surface area contributed by atoms with Gasteiger partial charge in [-0.25, -0.2) is 4.98 Å². The fourth-order valence-electron chi connectivity index (χ4n) is 2.85. The SMILES string of the molecule is O=C(c1ccccn1)N1CCCn2cc(-c3ccccc3)nc21. The summed E-state index contributed by atoms with van der Waals surface area (Å²) in [5.74, 6) is 0.600. The van der Waals surface area contributed by atoms with E-state index in [0.29, 0.717) is 18.2 Å². The van der Waals surface area contributed by atoms with Crippen molar-refractivity contribution in [1.82, 2.24) is 14.5 Å². The van der Waals surface area contributed by atoms with E-state index < -0.39 is 0 Å². The normalized spacial score (nSPS) is 13.7. The van der Waals surface area contributed by atoms with Crippen molar-refractivity contribution in [2.24, 2.45) is 0 Å². The van der Waals surface area contributed by atoms with E-state index in [1.54, 1.807) is 23.2 Å². The molecule has 1 aliphatic rings. The van der Waals surface area contributed by atoms with Crippen molar-refractivity contribution in [3.8, 4) is 11.3 Å². The summed E-state index contributed by atoms with van der Waals surface area (Å²) < 4.78 is 2.05. The van der Waals surface area contributed by atoms with Crippen molar-refractivity contribution in [1.29, 1.82) is 0 Å². The van der Waals surface area contributed by atoms with E-state index in [1.807, 2.05) is 47.2 Å². The van der Waals surface area contributed by atoms with Crippen molar-refractivity contribution in [3.63, 3.8) is 0 Å². The predicted octanol–water partition coefficient (Wildman–Crippen LogP) is 3.00. The van der Waals surface area contributed by atoms with E-state index in [-0.39, 0.29) is 5.91 Å². The molecule has 0 bridgehead atoms. The molecule has 23 heavy (non-hydrogen) atoms. The highest BCUT2D eigenvalue weighted by Crippen LogP contribution is 2.27. The molecule has 2 aromatic heterocycles. The second kappa shape index (κ2) is 5.68. The number of carbonyl (C=O) groups excluding carboxylic acids is 1. The summed E-state index contributed by atoms with van der Waals surface area (Å²) in [7, 11) is 0. The maximum atomic E-state index is 12.7. The molecule has 0 radical (unpaired) electrons. The second-order valence-electron chi connectivity index (χ2n) is 5.51. The van der Waals surface area contributed by atoms with E-state index in [0.717, 1.165) is 24.2 Å². The number of benzene rings is 1. The Morgan fingerprint density at radius 2 is 1.83 bits per heavy atom. The summed E-state index contributed by atoms with van der Waals surface area (Å²) >= 11 is 0. The molecule has 1 amide bonds. The van der Waals surface area contributed by atoms with Gasteiger partial charge in [0.05, 0.1) is 5.69 Å². The van der Waals surface area contributed by atoms with Crippen LogP contribution >= 0.6 is 0 Å². The number of amides is 1. The molecule has 3 heterocycles. The summed E-state index contributed by atoms with van der Waals surface area (Å²) in [5, 5.41) is 0. The number of fused-ring (bicyclic) bond motifs is 1. The van der Waals surface area contributed by atoms with E-state index in [2.05, 4.69) is 9.97 Å². The number of carbonyl (C=O) groups is 1. The Labute approximate surface area is 134 Å². The molecule has 5 nitrogen and oxygen atoms in total. The predicted molar refractivity (Wildman–Crippen MR) is 88.2 cm³/mol. The van der Waals surface area contributed by atoms with Crippen LogP contribution in [0.15, 0.2) is 60.9 Å². The smallest absolute Gasteiger partial charge is 0.279 e. The van der Waals surface area contributed by atoms with Crippen LogP contribution in [0.4, 0.5) is 5.95 Å². The van der Waals surface area contributed by atoms with Crippen molar-refractivity contribution in [2.75, 3.05) is 11.4 Å². The quantitative estimate of drug-likeness (QED) is 0.731. The Bertz CT molecular complexity index is 827. The van der Waals surface area contributed by atoms with Gasteiger partial charge < -0.3 is 4.57 Å². The zero-order valence-corrected chi connectivity index (χ0v) is 12.6. The molecule has 5 heteroatoms. The van der Waals surface area contributed by atoms with Gasteiger partial charge in [0, 0.05) is 31.0 Å². The Morgan fingerprint density at radius 1 is 1.00 bits per heavy atom. The molecule has 114 valence electrons. The number of hydrogen-bond acceptors (Lipinski definition) is 3. The van der Waals surface area contributed by atoms with Crippen LogP contribution in [0.25, 0.3) is 11.3 Å². The summed E-state index contributed by atoms with van der Waals surface area (Å²) in [4.78, 5) is 23.3. The molecular formula is C18H16N4O. The van der Waals surface area contributed by atoms with Crippen molar-refractivity contribution in [2.45, 2.75) is 13.0 Å². The van der Waals surface area contributed by atoms with Crippen LogP contribution in [0.1, 0.15) is 16.9 Å². The lowest BCUT2D eigenvalue weighted by atomic mass is 10.2. The van der Waals surface area contributed by atoms with Gasteiger partial charge in [0.1, 0.15) is 5.69 Å². The Hall–Kier alpha value is -2.95. The summed E-state index contributed by atoms with van der Waals surface area (Å²) in [6.45, 7) is 1.54. The molecule has 0 saturated heterocycles. The average molecular weight is 304 g/mol. The van der Waals surface area contributed by atoms with Crippen molar-refractivity contribution >= 4 is 11.9 Å². The maximum Gasteiger partial charge on any atom is 0.279 e. The number of anilines is 1. The number of aryl methyl sites for hydroxylation is 1. The highest BCUT2D eigenvalue weighted by molar-refractivity contribution is 6.04. The Morgan fingerprint density at radius 3 is 2.61 bits per heavy atom. The molecule has 0 saturated carbocycles. The first kappa shape index (κ1) is 13.7. The number of pyridine rings is 1. The Kier molecular flexibility index (Phi) is 3.38. The minimum atomic E-state index is -0.100. The lowest BCUT2D eigenvalue weighted by molar-refractivity contribution is 0.0976. The maximum absolute atomic E-state index is 12.7. The third-order valence-electron chi connectivity index (χ3n) is 3.98. The molecule has 0 aliphatic carbocycles. The van der Waals surface area contributed by atoms with Gasteiger partial charge in [-0.3, -0.25) is 14.7 Å². The molecule has 0 spiro atoms. The lowest BCUT2D eigenvalue weighted by Gasteiger charge is -2.26. The van der Waals surface area contributed by atoms with Crippen LogP contribution in [0.2, 0.25) is 0 Å². The minimum Gasteiger partial charge on any atom is -0.316 e. The van der Waals surface area contributed by atoms with Gasteiger partial charge in [-0.05, 0) is 18.6 Å². The zero-order valence-electron chi connectivity index (χ0n) is 12.6. The molecule has 1 aromatic carbocycles. The largest absolute Gasteiger partial charge is 0.316 e.